The van der Waals surface area contributed by atoms with Gasteiger partial charge in [0.25, 0.3) is 0 Å². The number of carbonyl (C=O) groups excluding carboxylic acids is 2. The summed E-state index contributed by atoms with van der Waals surface area (Å²) in [6.45, 7) is 5.85. The van der Waals surface area contributed by atoms with Crippen LogP contribution < -0.4 is 10.1 Å². The normalized spacial score (nSPS) is 14.7. The summed E-state index contributed by atoms with van der Waals surface area (Å²) in [5.74, 6) is 0.846. The van der Waals surface area contributed by atoms with Crippen LogP contribution in [0.1, 0.15) is 36.5 Å². The van der Waals surface area contributed by atoms with Gasteiger partial charge in [0.2, 0.25) is 5.91 Å². The van der Waals surface area contributed by atoms with Gasteiger partial charge in [0.05, 0.1) is 6.61 Å². The van der Waals surface area contributed by atoms with Gasteiger partial charge in [-0.2, -0.15) is 0 Å². The molecule has 2 rings (SSSR count). The zero-order valence-electron chi connectivity index (χ0n) is 13.1. The number of ketones is 1. The van der Waals surface area contributed by atoms with Crippen LogP contribution in [0.5, 0.6) is 5.75 Å². The lowest BCUT2D eigenvalue weighted by atomic mass is 10.1. The molecule has 0 aliphatic carbocycles. The molecule has 0 aromatic heterocycles. The Kier molecular flexibility index (Phi) is 6.40. The van der Waals surface area contributed by atoms with Crippen molar-refractivity contribution in [2.45, 2.75) is 26.2 Å². The molecule has 0 spiro atoms. The maximum absolute atomic E-state index is 12.1. The third kappa shape index (κ3) is 4.84. The van der Waals surface area contributed by atoms with Crippen LogP contribution in [0.15, 0.2) is 24.3 Å². The number of nitrogens with zero attached hydrogens (tertiary/aromatic N) is 1. The summed E-state index contributed by atoms with van der Waals surface area (Å²) in [5.41, 5.74) is 0.636. The molecule has 1 aliphatic heterocycles. The SMILES string of the molecule is CCCOc1ccc(C(=O)CCC(=O)N2CCNCC2)cc1. The molecule has 1 N–H and O–H groups in total. The summed E-state index contributed by atoms with van der Waals surface area (Å²) in [4.78, 5) is 26.0. The van der Waals surface area contributed by atoms with E-state index in [0.29, 0.717) is 12.2 Å². The van der Waals surface area contributed by atoms with Gasteiger partial charge in [0.1, 0.15) is 5.75 Å². The van der Waals surface area contributed by atoms with E-state index in [4.69, 9.17) is 4.74 Å². The third-order valence-corrected chi connectivity index (χ3v) is 3.68. The average molecular weight is 304 g/mol. The second-order valence-electron chi connectivity index (χ2n) is 5.43. The number of benzene rings is 1. The van der Waals surface area contributed by atoms with Crippen LogP contribution in [0.25, 0.3) is 0 Å². The van der Waals surface area contributed by atoms with E-state index < -0.39 is 0 Å². The summed E-state index contributed by atoms with van der Waals surface area (Å²) in [5, 5.41) is 3.21. The molecule has 1 aliphatic rings. The zero-order valence-corrected chi connectivity index (χ0v) is 13.1. The number of hydrogen-bond acceptors (Lipinski definition) is 4. The Morgan fingerprint density at radius 2 is 1.82 bits per heavy atom. The van der Waals surface area contributed by atoms with E-state index in [9.17, 15) is 9.59 Å². The largest absolute Gasteiger partial charge is 0.494 e. The fourth-order valence-corrected chi connectivity index (χ4v) is 2.39. The highest BCUT2D eigenvalue weighted by molar-refractivity contribution is 5.98. The van der Waals surface area contributed by atoms with Gasteiger partial charge in [0, 0.05) is 44.6 Å². The van der Waals surface area contributed by atoms with Crippen LogP contribution in [-0.2, 0) is 4.79 Å². The van der Waals surface area contributed by atoms with Crippen molar-refractivity contribution in [1.82, 2.24) is 10.2 Å². The summed E-state index contributed by atoms with van der Waals surface area (Å²) >= 11 is 0. The van der Waals surface area contributed by atoms with Gasteiger partial charge in [0.15, 0.2) is 5.78 Å². The number of rotatable bonds is 7. The van der Waals surface area contributed by atoms with Gasteiger partial charge in [-0.1, -0.05) is 6.92 Å². The quantitative estimate of drug-likeness (QED) is 0.781. The fourth-order valence-electron chi connectivity index (χ4n) is 2.39. The predicted molar refractivity (Wildman–Crippen MR) is 85.2 cm³/mol. The van der Waals surface area contributed by atoms with Gasteiger partial charge in [-0.05, 0) is 30.7 Å². The molecule has 120 valence electrons. The van der Waals surface area contributed by atoms with Gasteiger partial charge < -0.3 is 15.0 Å². The highest BCUT2D eigenvalue weighted by Crippen LogP contribution is 2.14. The average Bonchev–Trinajstić information content (AvgIpc) is 2.58. The van der Waals surface area contributed by atoms with Gasteiger partial charge >= 0.3 is 0 Å². The number of nitrogens with one attached hydrogen (secondary N) is 1. The molecule has 22 heavy (non-hydrogen) atoms. The number of piperazine rings is 1. The Hall–Kier alpha value is -1.88. The van der Waals surface area contributed by atoms with E-state index in [-0.39, 0.29) is 24.5 Å². The fraction of sp³-hybridized carbons (Fsp3) is 0.529. The Labute approximate surface area is 131 Å². The zero-order chi connectivity index (χ0) is 15.8. The van der Waals surface area contributed by atoms with Crippen molar-refractivity contribution < 1.29 is 14.3 Å². The minimum atomic E-state index is 0.00512. The van der Waals surface area contributed by atoms with Crippen LogP contribution in [-0.4, -0.2) is 49.4 Å². The summed E-state index contributed by atoms with van der Waals surface area (Å²) in [7, 11) is 0. The van der Waals surface area contributed by atoms with Crippen molar-refractivity contribution in [2.24, 2.45) is 0 Å². The van der Waals surface area contributed by atoms with Gasteiger partial charge in [-0.25, -0.2) is 0 Å². The van der Waals surface area contributed by atoms with Crippen molar-refractivity contribution >= 4 is 11.7 Å². The highest BCUT2D eigenvalue weighted by atomic mass is 16.5. The molecular weight excluding hydrogens is 280 g/mol. The second kappa shape index (κ2) is 8.54. The molecule has 1 aromatic carbocycles. The molecule has 0 saturated carbocycles. The smallest absolute Gasteiger partial charge is 0.223 e. The molecule has 0 bridgehead atoms. The van der Waals surface area contributed by atoms with E-state index >= 15 is 0 Å². The summed E-state index contributed by atoms with van der Waals surface area (Å²) in [6, 6.07) is 7.15. The molecule has 0 radical (unpaired) electrons. The first-order chi connectivity index (χ1) is 10.7. The molecule has 1 amide bonds. The lowest BCUT2D eigenvalue weighted by Crippen LogP contribution is -2.46. The van der Waals surface area contributed by atoms with Crippen LogP contribution in [0, 0.1) is 0 Å². The van der Waals surface area contributed by atoms with Gasteiger partial charge in [-0.15, -0.1) is 0 Å². The molecule has 0 atom stereocenters. The number of hydrogen-bond donors (Lipinski definition) is 1. The predicted octanol–water partition coefficient (Wildman–Crippen LogP) is 1.87. The molecule has 1 aromatic rings. The van der Waals surface area contributed by atoms with E-state index in [1.807, 2.05) is 11.8 Å². The summed E-state index contributed by atoms with van der Waals surface area (Å²) < 4.78 is 5.49. The van der Waals surface area contributed by atoms with Crippen LogP contribution >= 0.6 is 0 Å². The monoisotopic (exact) mass is 304 g/mol. The first-order valence-electron chi connectivity index (χ1n) is 7.95. The summed E-state index contributed by atoms with van der Waals surface area (Å²) in [6.07, 6.45) is 1.50. The minimum Gasteiger partial charge on any atom is -0.494 e. The first kappa shape index (κ1) is 16.5. The molecule has 0 unspecified atom stereocenters. The first-order valence-corrected chi connectivity index (χ1v) is 7.95. The van der Waals surface area contributed by atoms with Crippen molar-refractivity contribution in [3.8, 4) is 5.75 Å². The van der Waals surface area contributed by atoms with E-state index in [0.717, 1.165) is 38.3 Å². The Morgan fingerprint density at radius 3 is 2.45 bits per heavy atom. The molecule has 1 fully saturated rings. The molecule has 1 heterocycles. The lowest BCUT2D eigenvalue weighted by Gasteiger charge is -2.27. The number of ether oxygens (including phenoxy) is 1. The van der Waals surface area contributed by atoms with Crippen molar-refractivity contribution in [3.05, 3.63) is 29.8 Å². The van der Waals surface area contributed by atoms with Crippen LogP contribution in [0.3, 0.4) is 0 Å². The molecule has 1 saturated heterocycles. The van der Waals surface area contributed by atoms with E-state index in [1.165, 1.54) is 0 Å². The van der Waals surface area contributed by atoms with E-state index in [2.05, 4.69) is 5.32 Å². The van der Waals surface area contributed by atoms with E-state index in [1.54, 1.807) is 24.3 Å². The Balaban J connectivity index is 1.80. The maximum atomic E-state index is 12.1. The number of carbonyl (C=O) groups is 2. The van der Waals surface area contributed by atoms with Crippen molar-refractivity contribution in [2.75, 3.05) is 32.8 Å². The lowest BCUT2D eigenvalue weighted by molar-refractivity contribution is -0.131. The third-order valence-electron chi connectivity index (χ3n) is 3.68. The van der Waals surface area contributed by atoms with Crippen molar-refractivity contribution in [3.63, 3.8) is 0 Å². The van der Waals surface area contributed by atoms with Gasteiger partial charge in [-0.3, -0.25) is 9.59 Å². The maximum Gasteiger partial charge on any atom is 0.223 e. The van der Waals surface area contributed by atoms with Crippen LogP contribution in [0.2, 0.25) is 0 Å². The number of Topliss-reactive ketones (excluding diaryl/α,β-unsaturated/α-hetero) is 1. The minimum absolute atomic E-state index is 0.00512. The Bertz CT molecular complexity index is 493. The van der Waals surface area contributed by atoms with Crippen molar-refractivity contribution in [1.29, 1.82) is 0 Å². The van der Waals surface area contributed by atoms with Crippen LogP contribution in [0.4, 0.5) is 0 Å². The standard InChI is InChI=1S/C17H24N2O3/c1-2-13-22-15-5-3-14(4-6-15)16(20)7-8-17(21)19-11-9-18-10-12-19/h3-6,18H,2,7-13H2,1H3. The highest BCUT2D eigenvalue weighted by Gasteiger charge is 2.17. The Morgan fingerprint density at radius 1 is 1.14 bits per heavy atom. The molecule has 5 nitrogen and oxygen atoms in total. The number of amides is 1. The topological polar surface area (TPSA) is 58.6 Å². The molecule has 5 heteroatoms. The second-order valence-corrected chi connectivity index (χ2v) is 5.43. The molecular formula is C17H24N2O3.